The Labute approximate surface area is 119 Å². The maximum absolute atomic E-state index is 5.86. The van der Waals surface area contributed by atoms with Crippen LogP contribution in [0.1, 0.15) is 37.3 Å². The minimum Gasteiger partial charge on any atom is -0.349 e. The Morgan fingerprint density at radius 3 is 2.53 bits per heavy atom. The van der Waals surface area contributed by atoms with Gasteiger partial charge in [-0.05, 0) is 43.8 Å². The minimum atomic E-state index is 0.0337. The van der Waals surface area contributed by atoms with Crippen LogP contribution in [-0.4, -0.2) is 11.0 Å². The summed E-state index contributed by atoms with van der Waals surface area (Å²) in [7, 11) is 0. The summed E-state index contributed by atoms with van der Waals surface area (Å²) in [4.78, 5) is 8.21. The molecule has 0 spiro atoms. The molecule has 1 atom stereocenters. The number of hydrogen-bond acceptors (Lipinski definition) is 4. The number of pyridine rings is 1. The second kappa shape index (κ2) is 6.17. The fourth-order valence-electron chi connectivity index (χ4n) is 1.94. The molecule has 0 saturated carbocycles. The van der Waals surface area contributed by atoms with Crippen molar-refractivity contribution in [1.82, 2.24) is 4.98 Å². The van der Waals surface area contributed by atoms with Gasteiger partial charge in [-0.3, -0.25) is 0 Å². The van der Waals surface area contributed by atoms with Crippen LogP contribution in [0.5, 0.6) is 0 Å². The lowest BCUT2D eigenvalue weighted by molar-refractivity contribution is 0.675. The van der Waals surface area contributed by atoms with Gasteiger partial charge in [-0.15, -0.1) is 11.3 Å². The summed E-state index contributed by atoms with van der Waals surface area (Å²) in [5.74, 6) is 1.01. The maximum atomic E-state index is 5.86. The summed E-state index contributed by atoms with van der Waals surface area (Å²) in [5.41, 5.74) is 6.93. The molecule has 0 saturated heterocycles. The Morgan fingerprint density at radius 1 is 1.26 bits per heavy atom. The highest BCUT2D eigenvalue weighted by atomic mass is 32.1. The first-order valence-electron chi connectivity index (χ1n) is 6.58. The predicted octanol–water partition coefficient (Wildman–Crippen LogP) is 3.58. The highest BCUT2D eigenvalue weighted by molar-refractivity contribution is 7.09. The lowest BCUT2D eigenvalue weighted by Crippen LogP contribution is -2.30. The van der Waals surface area contributed by atoms with Crippen molar-refractivity contribution in [1.29, 1.82) is 0 Å². The number of hydrogen-bond donors (Lipinski definition) is 1. The van der Waals surface area contributed by atoms with E-state index in [1.165, 1.54) is 4.88 Å². The molecule has 0 fully saturated rings. The number of anilines is 1. The Morgan fingerprint density at radius 2 is 2.05 bits per heavy atom. The van der Waals surface area contributed by atoms with E-state index in [9.17, 15) is 0 Å². The van der Waals surface area contributed by atoms with Crippen LogP contribution < -0.4 is 10.6 Å². The van der Waals surface area contributed by atoms with E-state index >= 15 is 0 Å². The van der Waals surface area contributed by atoms with Crippen LogP contribution in [0.3, 0.4) is 0 Å². The maximum Gasteiger partial charge on any atom is 0.129 e. The van der Waals surface area contributed by atoms with E-state index in [-0.39, 0.29) is 6.04 Å². The largest absolute Gasteiger partial charge is 0.349 e. The molecule has 0 amide bonds. The molecule has 4 heteroatoms. The zero-order valence-corrected chi connectivity index (χ0v) is 12.5. The topological polar surface area (TPSA) is 42.1 Å². The van der Waals surface area contributed by atoms with Gasteiger partial charge in [-0.25, -0.2) is 4.98 Å². The van der Waals surface area contributed by atoms with Gasteiger partial charge in [-0.2, -0.15) is 0 Å². The fourth-order valence-corrected chi connectivity index (χ4v) is 2.64. The molecular weight excluding hydrogens is 254 g/mol. The van der Waals surface area contributed by atoms with Gasteiger partial charge >= 0.3 is 0 Å². The second-order valence-corrected chi connectivity index (χ2v) is 6.07. The average molecular weight is 275 g/mol. The van der Waals surface area contributed by atoms with Gasteiger partial charge in [-0.1, -0.05) is 12.1 Å². The molecule has 102 valence electrons. The van der Waals surface area contributed by atoms with Crippen LogP contribution >= 0.6 is 11.3 Å². The van der Waals surface area contributed by atoms with Crippen LogP contribution in [0.25, 0.3) is 0 Å². The van der Waals surface area contributed by atoms with Gasteiger partial charge in [0, 0.05) is 23.2 Å². The van der Waals surface area contributed by atoms with Gasteiger partial charge < -0.3 is 10.6 Å². The van der Waals surface area contributed by atoms with E-state index < -0.39 is 0 Å². The van der Waals surface area contributed by atoms with Gasteiger partial charge in [0.2, 0.25) is 0 Å². The third kappa shape index (κ3) is 3.55. The monoisotopic (exact) mass is 275 g/mol. The minimum absolute atomic E-state index is 0.0337. The first kappa shape index (κ1) is 14.0. The molecule has 0 aromatic carbocycles. The molecular formula is C15H21N3S. The van der Waals surface area contributed by atoms with Crippen molar-refractivity contribution in [3.05, 3.63) is 46.3 Å². The lowest BCUT2D eigenvalue weighted by Gasteiger charge is -2.27. The first-order valence-corrected chi connectivity index (χ1v) is 7.46. The Balaban J connectivity index is 2.19. The third-order valence-corrected chi connectivity index (χ3v) is 3.98. The van der Waals surface area contributed by atoms with Crippen molar-refractivity contribution in [3.63, 3.8) is 0 Å². The standard InChI is InChI=1S/C15H21N3S/c1-11(2)18(10-14-5-4-8-19-14)15-7-6-13(9-17-15)12(3)16/h4-9,11-12H,10,16H2,1-3H3/t12-/m0/s1. The summed E-state index contributed by atoms with van der Waals surface area (Å²) in [5, 5.41) is 2.11. The molecule has 0 radical (unpaired) electrons. The summed E-state index contributed by atoms with van der Waals surface area (Å²) in [6, 6.07) is 8.83. The zero-order valence-electron chi connectivity index (χ0n) is 11.7. The molecule has 0 bridgehead atoms. The molecule has 2 rings (SSSR count). The number of nitrogens with two attached hydrogens (primary N) is 1. The molecule has 2 N–H and O–H groups in total. The normalized spacial score (nSPS) is 12.7. The van der Waals surface area contributed by atoms with E-state index in [1.54, 1.807) is 11.3 Å². The van der Waals surface area contributed by atoms with Crippen molar-refractivity contribution in [3.8, 4) is 0 Å². The first-order chi connectivity index (χ1) is 9.08. The number of thiophene rings is 1. The molecule has 2 aromatic rings. The smallest absolute Gasteiger partial charge is 0.129 e. The van der Waals surface area contributed by atoms with E-state index in [4.69, 9.17) is 5.73 Å². The Bertz CT molecular complexity index is 489. The van der Waals surface area contributed by atoms with E-state index in [1.807, 2.05) is 13.1 Å². The van der Waals surface area contributed by atoms with Gasteiger partial charge in [0.1, 0.15) is 5.82 Å². The molecule has 3 nitrogen and oxygen atoms in total. The zero-order chi connectivity index (χ0) is 13.8. The number of nitrogens with zero attached hydrogens (tertiary/aromatic N) is 2. The molecule has 0 aliphatic rings. The van der Waals surface area contributed by atoms with Crippen LogP contribution in [0.15, 0.2) is 35.8 Å². The third-order valence-electron chi connectivity index (χ3n) is 3.12. The van der Waals surface area contributed by atoms with Crippen LogP contribution in [0.4, 0.5) is 5.82 Å². The summed E-state index contributed by atoms with van der Waals surface area (Å²) >= 11 is 1.78. The van der Waals surface area contributed by atoms with E-state index in [0.717, 1.165) is 17.9 Å². The van der Waals surface area contributed by atoms with Gasteiger partial charge in [0.15, 0.2) is 0 Å². The van der Waals surface area contributed by atoms with Crippen molar-refractivity contribution in [2.75, 3.05) is 4.90 Å². The summed E-state index contributed by atoms with van der Waals surface area (Å²) < 4.78 is 0. The molecule has 2 heterocycles. The van der Waals surface area contributed by atoms with Crippen LogP contribution in [-0.2, 0) is 6.54 Å². The number of aromatic nitrogens is 1. The molecule has 0 aliphatic carbocycles. The second-order valence-electron chi connectivity index (χ2n) is 5.04. The average Bonchev–Trinajstić information content (AvgIpc) is 2.88. The highest BCUT2D eigenvalue weighted by Crippen LogP contribution is 2.21. The molecule has 2 aromatic heterocycles. The quantitative estimate of drug-likeness (QED) is 0.907. The van der Waals surface area contributed by atoms with Crippen molar-refractivity contribution >= 4 is 17.2 Å². The highest BCUT2D eigenvalue weighted by Gasteiger charge is 2.13. The van der Waals surface area contributed by atoms with E-state index in [2.05, 4.69) is 53.4 Å². The molecule has 0 unspecified atom stereocenters. The Kier molecular flexibility index (Phi) is 4.56. The van der Waals surface area contributed by atoms with Gasteiger partial charge in [0.05, 0.1) is 6.54 Å². The predicted molar refractivity (Wildman–Crippen MR) is 82.5 cm³/mol. The SMILES string of the molecule is CC(C)N(Cc1cccs1)c1ccc([C@H](C)N)cn1. The number of rotatable bonds is 5. The van der Waals surface area contributed by atoms with Crippen molar-refractivity contribution in [2.24, 2.45) is 5.73 Å². The lowest BCUT2D eigenvalue weighted by atomic mass is 10.1. The molecule has 0 aliphatic heterocycles. The van der Waals surface area contributed by atoms with E-state index in [0.29, 0.717) is 6.04 Å². The van der Waals surface area contributed by atoms with Gasteiger partial charge in [0.25, 0.3) is 0 Å². The molecule has 19 heavy (non-hydrogen) atoms. The summed E-state index contributed by atoms with van der Waals surface area (Å²) in [6.07, 6.45) is 1.88. The summed E-state index contributed by atoms with van der Waals surface area (Å²) in [6.45, 7) is 7.26. The van der Waals surface area contributed by atoms with Crippen molar-refractivity contribution < 1.29 is 0 Å². The Hall–Kier alpha value is -1.39. The fraction of sp³-hybridized carbons (Fsp3) is 0.400. The van der Waals surface area contributed by atoms with Crippen LogP contribution in [0.2, 0.25) is 0 Å². The van der Waals surface area contributed by atoms with Crippen LogP contribution in [0, 0.1) is 0 Å². The van der Waals surface area contributed by atoms with Crippen molar-refractivity contribution in [2.45, 2.75) is 39.4 Å².